The van der Waals surface area contributed by atoms with Gasteiger partial charge in [-0.1, -0.05) is 24.3 Å². The summed E-state index contributed by atoms with van der Waals surface area (Å²) in [7, 11) is 0. The van der Waals surface area contributed by atoms with E-state index in [0.29, 0.717) is 17.7 Å². The fourth-order valence-electron chi connectivity index (χ4n) is 2.93. The van der Waals surface area contributed by atoms with E-state index >= 15 is 0 Å². The van der Waals surface area contributed by atoms with Crippen LogP contribution in [0.4, 0.5) is 0 Å². The number of hydrogen-bond donors (Lipinski definition) is 1. The van der Waals surface area contributed by atoms with Crippen molar-refractivity contribution in [1.82, 2.24) is 9.78 Å². The van der Waals surface area contributed by atoms with Crippen LogP contribution in [0.25, 0.3) is 11.1 Å². The van der Waals surface area contributed by atoms with E-state index in [1.807, 2.05) is 54.9 Å². The minimum Gasteiger partial charge on any atom is -0.366 e. The molecular formula is C20H18N4O. The molecule has 3 rings (SSSR count). The highest BCUT2D eigenvalue weighted by Gasteiger charge is 2.14. The minimum atomic E-state index is -0.430. The zero-order valence-electron chi connectivity index (χ0n) is 14.2. The average molecular weight is 330 g/mol. The Labute approximate surface area is 146 Å². The van der Waals surface area contributed by atoms with E-state index in [1.54, 1.807) is 12.1 Å². The number of nitriles is 1. The Morgan fingerprint density at radius 3 is 2.32 bits per heavy atom. The average Bonchev–Trinajstić information content (AvgIpc) is 2.89. The smallest absolute Gasteiger partial charge is 0.248 e. The number of primary amides is 1. The number of aromatic nitrogens is 2. The van der Waals surface area contributed by atoms with Crippen LogP contribution >= 0.6 is 0 Å². The van der Waals surface area contributed by atoms with E-state index in [4.69, 9.17) is 11.0 Å². The number of rotatable bonds is 4. The van der Waals surface area contributed by atoms with E-state index in [0.717, 1.165) is 28.1 Å². The summed E-state index contributed by atoms with van der Waals surface area (Å²) in [5.41, 5.74) is 11.6. The summed E-state index contributed by atoms with van der Waals surface area (Å²) in [6, 6.07) is 16.9. The lowest BCUT2D eigenvalue weighted by atomic mass is 10.0. The second-order valence-electron chi connectivity index (χ2n) is 5.95. The molecule has 0 spiro atoms. The SMILES string of the molecule is Cc1nn(Cc2ccc(C(N)=O)cc2)c(C)c1-c1ccc(C#N)cc1. The number of amides is 1. The van der Waals surface area contributed by atoms with Gasteiger partial charge in [0.15, 0.2) is 0 Å². The lowest BCUT2D eigenvalue weighted by Crippen LogP contribution is -2.11. The van der Waals surface area contributed by atoms with E-state index in [-0.39, 0.29) is 0 Å². The molecule has 5 nitrogen and oxygen atoms in total. The van der Waals surface area contributed by atoms with Crippen molar-refractivity contribution in [2.24, 2.45) is 5.73 Å². The first-order valence-corrected chi connectivity index (χ1v) is 7.93. The topological polar surface area (TPSA) is 84.7 Å². The van der Waals surface area contributed by atoms with Crippen LogP contribution in [0.1, 0.15) is 32.9 Å². The molecule has 0 bridgehead atoms. The van der Waals surface area contributed by atoms with Crippen LogP contribution in [0.15, 0.2) is 48.5 Å². The third kappa shape index (κ3) is 3.29. The van der Waals surface area contributed by atoms with Crippen LogP contribution < -0.4 is 5.73 Å². The molecule has 0 fully saturated rings. The summed E-state index contributed by atoms with van der Waals surface area (Å²) in [4.78, 5) is 11.2. The van der Waals surface area contributed by atoms with Crippen molar-refractivity contribution in [3.05, 3.63) is 76.6 Å². The Balaban J connectivity index is 1.91. The summed E-state index contributed by atoms with van der Waals surface area (Å²) in [6.07, 6.45) is 0. The van der Waals surface area contributed by atoms with Crippen LogP contribution in [0, 0.1) is 25.2 Å². The molecule has 0 unspecified atom stereocenters. The highest BCUT2D eigenvalue weighted by atomic mass is 16.1. The summed E-state index contributed by atoms with van der Waals surface area (Å²) >= 11 is 0. The second kappa shape index (κ2) is 6.62. The van der Waals surface area contributed by atoms with Gasteiger partial charge in [0.25, 0.3) is 0 Å². The molecule has 1 amide bonds. The quantitative estimate of drug-likeness (QED) is 0.797. The molecule has 1 aromatic heterocycles. The van der Waals surface area contributed by atoms with Crippen LogP contribution in [-0.4, -0.2) is 15.7 Å². The van der Waals surface area contributed by atoms with Crippen molar-refractivity contribution in [2.75, 3.05) is 0 Å². The van der Waals surface area contributed by atoms with Crippen molar-refractivity contribution < 1.29 is 4.79 Å². The molecular weight excluding hydrogens is 312 g/mol. The van der Waals surface area contributed by atoms with Crippen LogP contribution in [-0.2, 0) is 6.54 Å². The zero-order valence-corrected chi connectivity index (χ0v) is 14.2. The Morgan fingerprint density at radius 1 is 1.12 bits per heavy atom. The van der Waals surface area contributed by atoms with Crippen LogP contribution in [0.3, 0.4) is 0 Å². The maximum absolute atomic E-state index is 11.2. The molecule has 0 aliphatic heterocycles. The van der Waals surface area contributed by atoms with E-state index in [9.17, 15) is 4.79 Å². The lowest BCUT2D eigenvalue weighted by Gasteiger charge is -2.07. The largest absolute Gasteiger partial charge is 0.366 e. The van der Waals surface area contributed by atoms with E-state index in [2.05, 4.69) is 11.2 Å². The van der Waals surface area contributed by atoms with E-state index in [1.165, 1.54) is 0 Å². The number of carbonyl (C=O) groups excluding carboxylic acids is 1. The Hall–Kier alpha value is -3.39. The van der Waals surface area contributed by atoms with Gasteiger partial charge in [0.1, 0.15) is 0 Å². The first kappa shape index (κ1) is 16.5. The Bertz CT molecular complexity index is 961. The Kier molecular flexibility index (Phi) is 4.36. The number of carbonyl (C=O) groups is 1. The lowest BCUT2D eigenvalue weighted by molar-refractivity contribution is 0.100. The highest BCUT2D eigenvalue weighted by Crippen LogP contribution is 2.27. The zero-order chi connectivity index (χ0) is 18.0. The molecule has 0 saturated carbocycles. The normalized spacial score (nSPS) is 10.4. The predicted octanol–water partition coefficient (Wildman–Crippen LogP) is 3.19. The number of hydrogen-bond acceptors (Lipinski definition) is 3. The molecule has 0 radical (unpaired) electrons. The van der Waals surface area contributed by atoms with Crippen molar-refractivity contribution in [3.8, 4) is 17.2 Å². The summed E-state index contributed by atoms with van der Waals surface area (Å²) in [6.45, 7) is 4.63. The number of benzene rings is 2. The van der Waals surface area contributed by atoms with Crippen LogP contribution in [0.5, 0.6) is 0 Å². The van der Waals surface area contributed by atoms with Crippen molar-refractivity contribution in [3.63, 3.8) is 0 Å². The van der Waals surface area contributed by atoms with Gasteiger partial charge in [-0.2, -0.15) is 10.4 Å². The van der Waals surface area contributed by atoms with Gasteiger partial charge >= 0.3 is 0 Å². The molecule has 0 aliphatic rings. The summed E-state index contributed by atoms with van der Waals surface area (Å²) < 4.78 is 1.95. The molecule has 5 heteroatoms. The molecule has 3 aromatic rings. The molecule has 1 heterocycles. The first-order chi connectivity index (χ1) is 12.0. The Morgan fingerprint density at radius 2 is 1.76 bits per heavy atom. The molecule has 25 heavy (non-hydrogen) atoms. The fraction of sp³-hybridized carbons (Fsp3) is 0.150. The maximum atomic E-state index is 11.2. The fourth-order valence-corrected chi connectivity index (χ4v) is 2.93. The van der Waals surface area contributed by atoms with Crippen molar-refractivity contribution in [2.45, 2.75) is 20.4 Å². The van der Waals surface area contributed by atoms with Crippen LogP contribution in [0.2, 0.25) is 0 Å². The van der Waals surface area contributed by atoms with Gasteiger partial charge in [0, 0.05) is 16.8 Å². The standard InChI is InChI=1S/C20H18N4O/c1-13-19(17-7-3-15(11-21)4-8-17)14(2)24(23-13)12-16-5-9-18(10-6-16)20(22)25/h3-10H,12H2,1-2H3,(H2,22,25). The molecule has 2 N–H and O–H groups in total. The number of aryl methyl sites for hydroxylation is 1. The van der Waals surface area contributed by atoms with Gasteiger partial charge in [-0.05, 0) is 49.2 Å². The molecule has 2 aromatic carbocycles. The van der Waals surface area contributed by atoms with Gasteiger partial charge in [0.05, 0.1) is 23.9 Å². The van der Waals surface area contributed by atoms with Gasteiger partial charge in [-0.25, -0.2) is 0 Å². The van der Waals surface area contributed by atoms with Gasteiger partial charge in [-0.3, -0.25) is 9.48 Å². The monoisotopic (exact) mass is 330 g/mol. The van der Waals surface area contributed by atoms with Gasteiger partial charge in [-0.15, -0.1) is 0 Å². The summed E-state index contributed by atoms with van der Waals surface area (Å²) in [5, 5.41) is 13.6. The first-order valence-electron chi connectivity index (χ1n) is 7.93. The molecule has 124 valence electrons. The maximum Gasteiger partial charge on any atom is 0.248 e. The molecule has 0 atom stereocenters. The second-order valence-corrected chi connectivity index (χ2v) is 5.95. The highest BCUT2D eigenvalue weighted by molar-refractivity contribution is 5.92. The molecule has 0 aliphatic carbocycles. The number of nitrogens with two attached hydrogens (primary N) is 1. The van der Waals surface area contributed by atoms with Gasteiger partial charge in [0.2, 0.25) is 5.91 Å². The summed E-state index contributed by atoms with van der Waals surface area (Å²) in [5.74, 6) is -0.430. The minimum absolute atomic E-state index is 0.430. The van der Waals surface area contributed by atoms with Crippen molar-refractivity contribution in [1.29, 1.82) is 5.26 Å². The van der Waals surface area contributed by atoms with E-state index < -0.39 is 5.91 Å². The third-order valence-corrected chi connectivity index (χ3v) is 4.25. The predicted molar refractivity (Wildman–Crippen MR) is 95.9 cm³/mol. The third-order valence-electron chi connectivity index (χ3n) is 4.25. The molecule has 0 saturated heterocycles. The van der Waals surface area contributed by atoms with Crippen molar-refractivity contribution >= 4 is 5.91 Å². The van der Waals surface area contributed by atoms with Gasteiger partial charge < -0.3 is 5.73 Å². The number of nitrogens with zero attached hydrogens (tertiary/aromatic N) is 3.